The van der Waals surface area contributed by atoms with E-state index in [4.69, 9.17) is 5.73 Å². The summed E-state index contributed by atoms with van der Waals surface area (Å²) in [6.45, 7) is 0. The third kappa shape index (κ3) is 7.75. The standard InChI is InChI=1S/C63H32N10/c64-30-40-10-5-11-41(31-65)58(40)48-24-38(25-49(26-48)59-42(32-66)12-6-13-43(59)33-67)23-39-9-1-2-18-53(39)55-21-22-56-54-19-3-4-20-57(54)73(63(56)62(55)72)52-28-50(60-44(34-68)14-7-15-45(60)35-69)27-51(29-52)61-46(36-70)16-8-17-47(61)37-71/h1-22,24-29H,23,72H2. The summed E-state index contributed by atoms with van der Waals surface area (Å²) in [6.07, 6.45) is 0.329. The Hall–Kier alpha value is -11.5. The summed E-state index contributed by atoms with van der Waals surface area (Å²) in [7, 11) is 0. The number of nitrogens with two attached hydrogens (primary N) is 1. The smallest absolute Gasteiger partial charge is 0.0998 e. The molecule has 0 radical (unpaired) electrons. The molecule has 10 heteroatoms. The van der Waals surface area contributed by atoms with Gasteiger partial charge in [0.15, 0.2) is 0 Å². The van der Waals surface area contributed by atoms with Crippen molar-refractivity contribution in [1.82, 2.24) is 4.57 Å². The number of fused-ring (bicyclic) bond motifs is 3. The van der Waals surface area contributed by atoms with E-state index in [2.05, 4.69) is 48.6 Å². The maximum Gasteiger partial charge on any atom is 0.0998 e. The fourth-order valence-corrected chi connectivity index (χ4v) is 10.1. The fourth-order valence-electron chi connectivity index (χ4n) is 10.1. The maximum absolute atomic E-state index is 10.4. The number of hydrogen-bond acceptors (Lipinski definition) is 9. The molecule has 10 aromatic rings. The van der Waals surface area contributed by atoms with Gasteiger partial charge in [0.1, 0.15) is 0 Å². The second-order valence-electron chi connectivity index (χ2n) is 17.1. The molecule has 334 valence electrons. The number of para-hydroxylation sites is 1. The zero-order valence-electron chi connectivity index (χ0n) is 38.5. The number of nitrogens with zero attached hydrogens (tertiary/aromatic N) is 9. The van der Waals surface area contributed by atoms with E-state index in [-0.39, 0.29) is 22.3 Å². The first-order valence-electron chi connectivity index (χ1n) is 22.7. The topological polar surface area (TPSA) is 221 Å². The molecule has 0 bridgehead atoms. The Balaban J connectivity index is 1.22. The Kier molecular flexibility index (Phi) is 11.7. The van der Waals surface area contributed by atoms with E-state index >= 15 is 0 Å². The van der Waals surface area contributed by atoms with E-state index in [1.54, 1.807) is 78.9 Å². The van der Waals surface area contributed by atoms with Gasteiger partial charge in [0, 0.05) is 44.3 Å². The molecule has 9 aromatic carbocycles. The molecule has 0 aliphatic heterocycles. The van der Waals surface area contributed by atoms with Gasteiger partial charge in [-0.25, -0.2) is 0 Å². The van der Waals surface area contributed by atoms with E-state index in [0.717, 1.165) is 33.0 Å². The van der Waals surface area contributed by atoms with Crippen LogP contribution < -0.4 is 5.73 Å². The Morgan fingerprint density at radius 2 is 0.740 bits per heavy atom. The van der Waals surface area contributed by atoms with Crippen LogP contribution in [-0.2, 0) is 6.42 Å². The number of hydrogen-bond donors (Lipinski definition) is 1. The van der Waals surface area contributed by atoms with Gasteiger partial charge in [-0.15, -0.1) is 0 Å². The number of nitriles is 8. The summed E-state index contributed by atoms with van der Waals surface area (Å²) in [5, 5.41) is 84.3. The van der Waals surface area contributed by atoms with E-state index in [9.17, 15) is 42.1 Å². The van der Waals surface area contributed by atoms with Crippen molar-refractivity contribution in [2.24, 2.45) is 0 Å². The number of rotatable bonds is 8. The second-order valence-corrected chi connectivity index (χ2v) is 17.1. The van der Waals surface area contributed by atoms with Crippen molar-refractivity contribution in [3.05, 3.63) is 225 Å². The normalized spacial score (nSPS) is 10.5. The molecule has 0 aliphatic rings. The van der Waals surface area contributed by atoms with Crippen LogP contribution in [0.4, 0.5) is 5.69 Å². The van der Waals surface area contributed by atoms with E-state index < -0.39 is 0 Å². The molecule has 0 saturated heterocycles. The SMILES string of the molecule is N#Cc1cccc(C#N)c1-c1cc(Cc2ccccc2-c2ccc3c4ccccc4n(-c4cc(-c5c(C#N)cccc5C#N)cc(-c5c(C#N)cccc5C#N)c4)c3c2N)cc(-c2c(C#N)cccc2C#N)c1. The van der Waals surface area contributed by atoms with E-state index in [0.29, 0.717) is 95.6 Å². The first kappa shape index (κ1) is 45.3. The first-order chi connectivity index (χ1) is 35.8. The highest BCUT2D eigenvalue weighted by atomic mass is 15.0. The third-order valence-corrected chi connectivity index (χ3v) is 13.1. The lowest BCUT2D eigenvalue weighted by molar-refractivity contribution is 1.18. The van der Waals surface area contributed by atoms with Gasteiger partial charge in [-0.05, 0) is 124 Å². The lowest BCUT2D eigenvalue weighted by atomic mass is 9.86. The maximum atomic E-state index is 10.4. The lowest BCUT2D eigenvalue weighted by Gasteiger charge is -2.18. The van der Waals surface area contributed by atoms with Gasteiger partial charge in [0.05, 0.1) is 110 Å². The molecule has 0 atom stereocenters. The summed E-state index contributed by atoms with van der Waals surface area (Å²) in [4.78, 5) is 0. The number of aromatic nitrogens is 1. The highest BCUT2D eigenvalue weighted by molar-refractivity contribution is 6.15. The van der Waals surface area contributed by atoms with Crippen LogP contribution in [0.3, 0.4) is 0 Å². The Morgan fingerprint density at radius 3 is 1.16 bits per heavy atom. The molecule has 0 amide bonds. The van der Waals surface area contributed by atoms with Gasteiger partial charge in [0.25, 0.3) is 0 Å². The van der Waals surface area contributed by atoms with E-state index in [1.807, 2.05) is 95.6 Å². The molecule has 2 N–H and O–H groups in total. The predicted octanol–water partition coefficient (Wildman–Crippen LogP) is 13.3. The van der Waals surface area contributed by atoms with Gasteiger partial charge >= 0.3 is 0 Å². The molecular weight excluding hydrogens is 897 g/mol. The van der Waals surface area contributed by atoms with Crippen LogP contribution in [0.15, 0.2) is 170 Å². The van der Waals surface area contributed by atoms with Crippen LogP contribution in [0.1, 0.15) is 55.6 Å². The zero-order valence-corrected chi connectivity index (χ0v) is 38.5. The van der Waals surface area contributed by atoms with Crippen LogP contribution >= 0.6 is 0 Å². The Morgan fingerprint density at radius 1 is 0.356 bits per heavy atom. The monoisotopic (exact) mass is 928 g/mol. The van der Waals surface area contributed by atoms with Crippen molar-refractivity contribution in [1.29, 1.82) is 42.1 Å². The van der Waals surface area contributed by atoms with Crippen molar-refractivity contribution in [2.75, 3.05) is 5.73 Å². The van der Waals surface area contributed by atoms with Crippen LogP contribution in [0, 0.1) is 90.6 Å². The molecule has 0 saturated carbocycles. The molecule has 0 fully saturated rings. The van der Waals surface area contributed by atoms with Crippen LogP contribution in [0.2, 0.25) is 0 Å². The minimum atomic E-state index is 0.272. The van der Waals surface area contributed by atoms with Crippen molar-refractivity contribution < 1.29 is 0 Å². The lowest BCUT2D eigenvalue weighted by Crippen LogP contribution is -2.02. The largest absolute Gasteiger partial charge is 0.397 e. The van der Waals surface area contributed by atoms with Crippen LogP contribution in [0.5, 0.6) is 0 Å². The summed E-state index contributed by atoms with van der Waals surface area (Å²) in [6, 6.07) is 68.8. The second kappa shape index (κ2) is 18.9. The van der Waals surface area contributed by atoms with Gasteiger partial charge in [-0.3, -0.25) is 0 Å². The van der Waals surface area contributed by atoms with Crippen molar-refractivity contribution >= 4 is 27.5 Å². The summed E-state index contributed by atoms with van der Waals surface area (Å²) >= 11 is 0. The molecule has 1 aromatic heterocycles. The zero-order chi connectivity index (χ0) is 50.8. The summed E-state index contributed by atoms with van der Waals surface area (Å²) in [5.74, 6) is 0. The van der Waals surface area contributed by atoms with Crippen molar-refractivity contribution in [2.45, 2.75) is 6.42 Å². The Bertz CT molecular complexity index is 4050. The molecule has 73 heavy (non-hydrogen) atoms. The summed E-state index contributed by atoms with van der Waals surface area (Å²) in [5.41, 5.74) is 19.3. The number of nitrogen functional groups attached to an aromatic ring is 1. The first-order valence-corrected chi connectivity index (χ1v) is 22.7. The van der Waals surface area contributed by atoms with Gasteiger partial charge in [-0.2, -0.15) is 42.1 Å². The van der Waals surface area contributed by atoms with Gasteiger partial charge in [-0.1, -0.05) is 91.0 Å². The van der Waals surface area contributed by atoms with Gasteiger partial charge in [0.2, 0.25) is 0 Å². The minimum absolute atomic E-state index is 0.272. The van der Waals surface area contributed by atoms with Crippen molar-refractivity contribution in [3.8, 4) is 110 Å². The number of anilines is 1. The Labute approximate surface area is 419 Å². The van der Waals surface area contributed by atoms with Gasteiger partial charge < -0.3 is 10.3 Å². The van der Waals surface area contributed by atoms with Crippen molar-refractivity contribution in [3.63, 3.8) is 0 Å². The molecule has 10 rings (SSSR count). The number of benzene rings is 9. The predicted molar refractivity (Wildman–Crippen MR) is 279 cm³/mol. The van der Waals surface area contributed by atoms with Crippen LogP contribution in [-0.4, -0.2) is 4.57 Å². The van der Waals surface area contributed by atoms with E-state index in [1.165, 1.54) is 0 Å². The molecule has 0 unspecified atom stereocenters. The molecule has 1 heterocycles. The average Bonchev–Trinajstić information content (AvgIpc) is 3.79. The molecule has 0 aliphatic carbocycles. The van der Waals surface area contributed by atoms with Crippen LogP contribution in [0.25, 0.3) is 83.1 Å². The highest BCUT2D eigenvalue weighted by Gasteiger charge is 2.24. The fraction of sp³-hybridized carbons (Fsp3) is 0.0159. The summed E-state index contributed by atoms with van der Waals surface area (Å²) < 4.78 is 2.04. The molecule has 10 nitrogen and oxygen atoms in total. The molecular formula is C63H32N10. The minimum Gasteiger partial charge on any atom is -0.397 e. The quantitative estimate of drug-likeness (QED) is 0.143. The highest BCUT2D eigenvalue weighted by Crippen LogP contribution is 2.44. The average molecular weight is 929 g/mol. The third-order valence-electron chi connectivity index (χ3n) is 13.1. The molecule has 0 spiro atoms.